The Morgan fingerprint density at radius 1 is 1.11 bits per heavy atom. The maximum absolute atomic E-state index is 2.99. The van der Waals surface area contributed by atoms with Crippen LogP contribution in [0.2, 0.25) is 18.6 Å². The van der Waals surface area contributed by atoms with Crippen molar-refractivity contribution in [2.45, 2.75) is 37.9 Å². The van der Waals surface area contributed by atoms with Gasteiger partial charge in [0, 0.05) is 25.8 Å². The van der Waals surface area contributed by atoms with Gasteiger partial charge in [-0.3, -0.25) is 6.08 Å². The van der Waals surface area contributed by atoms with Crippen molar-refractivity contribution in [3.8, 4) is 0 Å². The topological polar surface area (TPSA) is 0 Å². The van der Waals surface area contributed by atoms with Gasteiger partial charge in [-0.25, -0.2) is 12.2 Å². The Morgan fingerprint density at radius 2 is 1.83 bits per heavy atom. The third kappa shape index (κ3) is 5.73. The molecule has 0 radical (unpaired) electrons. The third-order valence-corrected chi connectivity index (χ3v) is 8.42. The minimum atomic E-state index is -0.765. The summed E-state index contributed by atoms with van der Waals surface area (Å²) in [5.74, 6) is 0. The molecular formula is C14H19Cl2HfSi-3. The number of rotatable bonds is 1. The molecular weight excluding hydrogens is 446 g/mol. The van der Waals surface area contributed by atoms with Crippen LogP contribution in [0.25, 0.3) is 0 Å². The van der Waals surface area contributed by atoms with Gasteiger partial charge in [0.1, 0.15) is 0 Å². The molecule has 0 amide bonds. The summed E-state index contributed by atoms with van der Waals surface area (Å²) in [6, 6.07) is 3.11. The second kappa shape index (κ2) is 10.4. The average Bonchev–Trinajstić information content (AvgIpc) is 2.89. The van der Waals surface area contributed by atoms with E-state index >= 15 is 0 Å². The summed E-state index contributed by atoms with van der Waals surface area (Å²) in [4.78, 5) is 0. The van der Waals surface area contributed by atoms with Gasteiger partial charge in [-0.1, -0.05) is 48.5 Å². The SMILES string of the molecule is C[Si]1(C2=CC=CC2)CCC1.[C-]1=CC=CC1.[Cl-].[Cl-].[Hf]. The monoisotopic (exact) mass is 465 g/mol. The zero-order valence-corrected chi connectivity index (χ0v) is 16.9. The molecule has 0 spiro atoms. The Bertz CT molecular complexity index is 332. The molecule has 4 heteroatoms. The first kappa shape index (κ1) is 20.9. The molecule has 0 saturated carbocycles. The summed E-state index contributed by atoms with van der Waals surface area (Å²) in [6.07, 6.45) is 19.7. The average molecular weight is 465 g/mol. The van der Waals surface area contributed by atoms with Crippen molar-refractivity contribution in [3.05, 3.63) is 47.7 Å². The van der Waals surface area contributed by atoms with Crippen LogP contribution in [0.4, 0.5) is 0 Å². The van der Waals surface area contributed by atoms with Gasteiger partial charge in [-0.15, -0.1) is 6.42 Å². The van der Waals surface area contributed by atoms with Gasteiger partial charge in [0.2, 0.25) is 0 Å². The van der Waals surface area contributed by atoms with Gasteiger partial charge in [0.15, 0.2) is 0 Å². The van der Waals surface area contributed by atoms with Crippen molar-refractivity contribution in [2.75, 3.05) is 0 Å². The van der Waals surface area contributed by atoms with Gasteiger partial charge < -0.3 is 24.8 Å². The van der Waals surface area contributed by atoms with E-state index in [1.165, 1.54) is 12.8 Å². The van der Waals surface area contributed by atoms with Crippen LogP contribution in [0, 0.1) is 6.08 Å². The van der Waals surface area contributed by atoms with Crippen LogP contribution in [0.15, 0.2) is 41.7 Å². The Balaban J connectivity index is 0. The fourth-order valence-electron chi connectivity index (χ4n) is 2.26. The van der Waals surface area contributed by atoms with Gasteiger partial charge in [-0.2, -0.15) is 6.08 Å². The molecule has 3 rings (SSSR count). The second-order valence-corrected chi connectivity index (χ2v) is 9.51. The van der Waals surface area contributed by atoms with E-state index in [-0.39, 0.29) is 50.7 Å². The molecule has 0 aromatic heterocycles. The summed E-state index contributed by atoms with van der Waals surface area (Å²) < 4.78 is 0. The summed E-state index contributed by atoms with van der Waals surface area (Å²) in [7, 11) is -0.765. The van der Waals surface area contributed by atoms with E-state index in [0.29, 0.717) is 0 Å². The van der Waals surface area contributed by atoms with Gasteiger partial charge in [-0.05, 0) is 6.42 Å². The first-order valence-electron chi connectivity index (χ1n) is 5.89. The largest absolute Gasteiger partial charge is 1.00 e. The maximum Gasteiger partial charge on any atom is 0.0789 e. The maximum atomic E-state index is 2.99. The van der Waals surface area contributed by atoms with Gasteiger partial charge in [0.25, 0.3) is 0 Å². The Kier molecular flexibility index (Phi) is 12.1. The molecule has 0 nitrogen and oxygen atoms in total. The Morgan fingerprint density at radius 3 is 2.11 bits per heavy atom. The Hall–Kier alpha value is 0.627. The van der Waals surface area contributed by atoms with E-state index < -0.39 is 8.07 Å². The zero-order valence-electron chi connectivity index (χ0n) is 10.8. The molecule has 0 aromatic carbocycles. The van der Waals surface area contributed by atoms with Gasteiger partial charge in [0.05, 0.1) is 8.07 Å². The molecule has 1 fully saturated rings. The van der Waals surface area contributed by atoms with Crippen LogP contribution in [-0.4, -0.2) is 8.07 Å². The minimum absolute atomic E-state index is 0. The van der Waals surface area contributed by atoms with E-state index in [1.807, 2.05) is 12.2 Å². The first-order chi connectivity index (χ1) is 7.31. The van der Waals surface area contributed by atoms with Crippen molar-refractivity contribution < 1.29 is 50.7 Å². The van der Waals surface area contributed by atoms with Crippen LogP contribution in [0.3, 0.4) is 0 Å². The normalized spacial score (nSPS) is 20.4. The number of hydrogen-bond acceptors (Lipinski definition) is 0. The van der Waals surface area contributed by atoms with Crippen molar-refractivity contribution >= 4 is 8.07 Å². The standard InChI is InChI=1S/C9H14Si.C5H5.2ClH.Hf/c1-10(7-4-8-10)9-5-2-3-6-9;1-2-4-5-3-1;;;/h2-3,5H,4,6-8H2,1H3;1-3H,4H2;2*1H;/q;-1;;;/p-2. The predicted octanol–water partition coefficient (Wildman–Crippen LogP) is -1.79. The van der Waals surface area contributed by atoms with Crippen LogP contribution < -0.4 is 24.8 Å². The van der Waals surface area contributed by atoms with Crippen LogP contribution in [-0.2, 0) is 25.8 Å². The van der Waals surface area contributed by atoms with Crippen molar-refractivity contribution in [3.63, 3.8) is 0 Å². The summed E-state index contributed by atoms with van der Waals surface area (Å²) >= 11 is 0. The summed E-state index contributed by atoms with van der Waals surface area (Å²) in [6.45, 7) is 2.54. The molecule has 1 aliphatic heterocycles. The molecule has 0 bridgehead atoms. The minimum Gasteiger partial charge on any atom is -1.00 e. The van der Waals surface area contributed by atoms with Crippen molar-refractivity contribution in [1.82, 2.24) is 0 Å². The first-order valence-corrected chi connectivity index (χ1v) is 8.81. The van der Waals surface area contributed by atoms with Crippen LogP contribution in [0.5, 0.6) is 0 Å². The molecule has 1 saturated heterocycles. The number of hydrogen-bond donors (Lipinski definition) is 0. The molecule has 3 aliphatic rings. The van der Waals surface area contributed by atoms with E-state index in [0.717, 1.165) is 6.42 Å². The Labute approximate surface area is 143 Å². The van der Waals surface area contributed by atoms with Crippen molar-refractivity contribution in [2.24, 2.45) is 0 Å². The second-order valence-electron chi connectivity index (χ2n) is 4.74. The van der Waals surface area contributed by atoms with E-state index in [1.54, 1.807) is 17.3 Å². The molecule has 0 atom stereocenters. The molecule has 100 valence electrons. The fourth-order valence-corrected chi connectivity index (χ4v) is 5.43. The molecule has 0 unspecified atom stereocenters. The number of allylic oxidation sites excluding steroid dienone is 8. The predicted molar refractivity (Wildman–Crippen MR) is 69.3 cm³/mol. The molecule has 0 aromatic rings. The van der Waals surface area contributed by atoms with Gasteiger partial charge >= 0.3 is 0 Å². The zero-order chi connectivity index (χ0) is 10.6. The summed E-state index contributed by atoms with van der Waals surface area (Å²) in [5.41, 5.74) is 0. The molecule has 1 heterocycles. The molecule has 18 heavy (non-hydrogen) atoms. The van der Waals surface area contributed by atoms with Crippen LogP contribution >= 0.6 is 0 Å². The number of halogens is 2. The molecule has 2 aliphatic carbocycles. The van der Waals surface area contributed by atoms with E-state index in [9.17, 15) is 0 Å². The van der Waals surface area contributed by atoms with E-state index in [2.05, 4.69) is 36.9 Å². The summed E-state index contributed by atoms with van der Waals surface area (Å²) in [5, 5.41) is 1.80. The van der Waals surface area contributed by atoms with E-state index in [4.69, 9.17) is 0 Å². The van der Waals surface area contributed by atoms with Crippen molar-refractivity contribution in [1.29, 1.82) is 0 Å². The smallest absolute Gasteiger partial charge is 0.0789 e. The van der Waals surface area contributed by atoms with Crippen LogP contribution in [0.1, 0.15) is 19.3 Å². The molecule has 0 N–H and O–H groups in total. The quantitative estimate of drug-likeness (QED) is 0.318. The third-order valence-electron chi connectivity index (χ3n) is 3.59. The fraction of sp³-hybridized carbons (Fsp3) is 0.429.